The van der Waals surface area contributed by atoms with Gasteiger partial charge in [-0.3, -0.25) is 0 Å². The van der Waals surface area contributed by atoms with Crippen LogP contribution in [0, 0.1) is 0 Å². The lowest BCUT2D eigenvalue weighted by Crippen LogP contribution is -2.48. The molecule has 7 heteroatoms. The zero-order chi connectivity index (χ0) is 16.2. The molecule has 1 aliphatic heterocycles. The highest BCUT2D eigenvalue weighted by Crippen LogP contribution is 2.23. The summed E-state index contributed by atoms with van der Waals surface area (Å²) in [6.45, 7) is 6.97. The summed E-state index contributed by atoms with van der Waals surface area (Å²) in [6, 6.07) is 2.03. The highest BCUT2D eigenvalue weighted by molar-refractivity contribution is 6.28. The number of piperidine rings is 1. The van der Waals surface area contributed by atoms with Crippen molar-refractivity contribution in [2.75, 3.05) is 18.0 Å². The number of anilines is 1. The number of rotatable bonds is 3. The number of halogens is 1. The van der Waals surface area contributed by atoms with Gasteiger partial charge in [0.1, 0.15) is 11.4 Å². The molecule has 2 rings (SSSR count). The standard InChI is InChI=1S/C15H23ClN4O2/c1-15(2,3)22-14(21)18-10-11-6-4-5-9-20(11)12-7-8-17-13(16)19-12/h7-8,11H,4-6,9-10H2,1-3H3,(H,18,21)/t11-/m0/s1. The molecule has 1 saturated heterocycles. The lowest BCUT2D eigenvalue weighted by Gasteiger charge is -2.36. The predicted molar refractivity (Wildman–Crippen MR) is 86.3 cm³/mol. The molecule has 0 saturated carbocycles. The second kappa shape index (κ2) is 7.13. The number of hydrogen-bond donors (Lipinski definition) is 1. The summed E-state index contributed by atoms with van der Waals surface area (Å²) < 4.78 is 5.27. The monoisotopic (exact) mass is 326 g/mol. The van der Waals surface area contributed by atoms with E-state index in [1.54, 1.807) is 6.20 Å². The molecule has 1 fully saturated rings. The van der Waals surface area contributed by atoms with Crippen molar-refractivity contribution in [1.29, 1.82) is 0 Å². The number of alkyl carbamates (subject to hydrolysis) is 1. The lowest BCUT2D eigenvalue weighted by molar-refractivity contribution is 0.0523. The van der Waals surface area contributed by atoms with E-state index in [2.05, 4.69) is 20.2 Å². The molecule has 2 heterocycles. The Hall–Kier alpha value is -1.56. The van der Waals surface area contributed by atoms with Gasteiger partial charge in [-0.1, -0.05) is 0 Å². The van der Waals surface area contributed by atoms with Crippen LogP contribution >= 0.6 is 11.6 Å². The fourth-order valence-electron chi connectivity index (χ4n) is 2.52. The van der Waals surface area contributed by atoms with Crippen LogP contribution < -0.4 is 10.2 Å². The number of ether oxygens (including phenoxy) is 1. The lowest BCUT2D eigenvalue weighted by atomic mass is 10.0. The van der Waals surface area contributed by atoms with Gasteiger partial charge >= 0.3 is 6.09 Å². The molecule has 1 N–H and O–H groups in total. The second-order valence-electron chi connectivity index (χ2n) is 6.41. The van der Waals surface area contributed by atoms with Crippen molar-refractivity contribution in [3.63, 3.8) is 0 Å². The molecular weight excluding hydrogens is 304 g/mol. The highest BCUT2D eigenvalue weighted by Gasteiger charge is 2.25. The van der Waals surface area contributed by atoms with Gasteiger partial charge < -0.3 is 15.0 Å². The first-order valence-corrected chi connectivity index (χ1v) is 7.95. The van der Waals surface area contributed by atoms with E-state index in [1.807, 2.05) is 26.8 Å². The Bertz CT molecular complexity index is 519. The van der Waals surface area contributed by atoms with Gasteiger partial charge in [-0.2, -0.15) is 0 Å². The molecule has 22 heavy (non-hydrogen) atoms. The molecule has 6 nitrogen and oxygen atoms in total. The number of amides is 1. The SMILES string of the molecule is CC(C)(C)OC(=O)NC[C@@H]1CCCCN1c1ccnc(Cl)n1. The third-order valence-electron chi connectivity index (χ3n) is 3.41. The molecule has 1 aromatic rings. The van der Waals surface area contributed by atoms with Gasteiger partial charge in [0, 0.05) is 25.3 Å². The number of carbonyl (C=O) groups is 1. The van der Waals surface area contributed by atoms with Crippen LogP contribution in [-0.2, 0) is 4.74 Å². The first kappa shape index (κ1) is 16.8. The van der Waals surface area contributed by atoms with E-state index < -0.39 is 11.7 Å². The number of aromatic nitrogens is 2. The molecule has 1 aromatic heterocycles. The molecule has 0 bridgehead atoms. The second-order valence-corrected chi connectivity index (χ2v) is 6.75. The first-order chi connectivity index (χ1) is 10.3. The minimum Gasteiger partial charge on any atom is -0.444 e. The minimum atomic E-state index is -0.490. The minimum absolute atomic E-state index is 0.187. The normalized spacial score (nSPS) is 18.9. The van der Waals surface area contributed by atoms with E-state index in [4.69, 9.17) is 16.3 Å². The molecule has 1 aliphatic rings. The zero-order valence-corrected chi connectivity index (χ0v) is 14.1. The molecule has 0 aromatic carbocycles. The number of nitrogens with zero attached hydrogens (tertiary/aromatic N) is 3. The molecule has 1 atom stereocenters. The van der Waals surface area contributed by atoms with Crippen molar-refractivity contribution in [2.24, 2.45) is 0 Å². The van der Waals surface area contributed by atoms with Crippen LogP contribution in [-0.4, -0.2) is 40.8 Å². The van der Waals surface area contributed by atoms with Crippen molar-refractivity contribution in [3.05, 3.63) is 17.5 Å². The summed E-state index contributed by atoms with van der Waals surface area (Å²) in [5.74, 6) is 0.802. The van der Waals surface area contributed by atoms with Crippen LogP contribution in [0.1, 0.15) is 40.0 Å². The Kier molecular flexibility index (Phi) is 5.45. The van der Waals surface area contributed by atoms with Gasteiger partial charge in [0.2, 0.25) is 5.28 Å². The quantitative estimate of drug-likeness (QED) is 0.865. The van der Waals surface area contributed by atoms with Crippen molar-refractivity contribution in [3.8, 4) is 0 Å². The van der Waals surface area contributed by atoms with E-state index >= 15 is 0 Å². The van der Waals surface area contributed by atoms with E-state index in [0.717, 1.165) is 31.6 Å². The maximum Gasteiger partial charge on any atom is 0.407 e. The number of carbonyl (C=O) groups excluding carboxylic acids is 1. The number of hydrogen-bond acceptors (Lipinski definition) is 5. The van der Waals surface area contributed by atoms with Crippen LogP contribution in [0.25, 0.3) is 0 Å². The molecule has 0 spiro atoms. The largest absolute Gasteiger partial charge is 0.444 e. The Balaban J connectivity index is 1.97. The van der Waals surface area contributed by atoms with E-state index in [0.29, 0.717) is 6.54 Å². The summed E-state index contributed by atoms with van der Waals surface area (Å²) in [5.41, 5.74) is -0.490. The van der Waals surface area contributed by atoms with Crippen LogP contribution in [0.2, 0.25) is 5.28 Å². The molecule has 0 unspecified atom stereocenters. The highest BCUT2D eigenvalue weighted by atomic mass is 35.5. The van der Waals surface area contributed by atoms with Crippen LogP contribution in [0.3, 0.4) is 0 Å². The Morgan fingerprint density at radius 1 is 1.50 bits per heavy atom. The van der Waals surface area contributed by atoms with Crippen LogP contribution in [0.4, 0.5) is 10.6 Å². The van der Waals surface area contributed by atoms with Gasteiger partial charge in [-0.15, -0.1) is 0 Å². The Labute approximate surface area is 136 Å². The molecule has 0 aliphatic carbocycles. The molecule has 122 valence electrons. The Morgan fingerprint density at radius 3 is 2.95 bits per heavy atom. The van der Waals surface area contributed by atoms with Gasteiger partial charge in [0.25, 0.3) is 0 Å². The third-order valence-corrected chi connectivity index (χ3v) is 3.60. The first-order valence-electron chi connectivity index (χ1n) is 7.57. The third kappa shape index (κ3) is 5.02. The average Bonchev–Trinajstić information content (AvgIpc) is 2.44. The van der Waals surface area contributed by atoms with Crippen molar-refractivity contribution >= 4 is 23.5 Å². The number of nitrogens with one attached hydrogen (secondary N) is 1. The summed E-state index contributed by atoms with van der Waals surface area (Å²) >= 11 is 5.87. The Morgan fingerprint density at radius 2 is 2.27 bits per heavy atom. The van der Waals surface area contributed by atoms with Crippen LogP contribution in [0.15, 0.2) is 12.3 Å². The van der Waals surface area contributed by atoms with E-state index in [-0.39, 0.29) is 11.3 Å². The van der Waals surface area contributed by atoms with Crippen molar-refractivity contribution < 1.29 is 9.53 Å². The van der Waals surface area contributed by atoms with Crippen molar-refractivity contribution in [2.45, 2.75) is 51.7 Å². The average molecular weight is 327 g/mol. The molecular formula is C15H23ClN4O2. The van der Waals surface area contributed by atoms with Gasteiger partial charge in [-0.05, 0) is 57.7 Å². The maximum absolute atomic E-state index is 11.8. The van der Waals surface area contributed by atoms with Gasteiger partial charge in [-0.25, -0.2) is 14.8 Å². The zero-order valence-electron chi connectivity index (χ0n) is 13.3. The predicted octanol–water partition coefficient (Wildman–Crippen LogP) is 3.01. The maximum atomic E-state index is 11.8. The summed E-state index contributed by atoms with van der Waals surface area (Å²) in [7, 11) is 0. The van der Waals surface area contributed by atoms with Gasteiger partial charge in [0.05, 0.1) is 0 Å². The fourth-order valence-corrected chi connectivity index (χ4v) is 2.66. The van der Waals surface area contributed by atoms with E-state index in [1.165, 1.54) is 0 Å². The summed E-state index contributed by atoms with van der Waals surface area (Å²) in [6.07, 6.45) is 4.49. The van der Waals surface area contributed by atoms with E-state index in [9.17, 15) is 4.79 Å². The van der Waals surface area contributed by atoms with Crippen molar-refractivity contribution in [1.82, 2.24) is 15.3 Å². The molecule has 1 amide bonds. The fraction of sp³-hybridized carbons (Fsp3) is 0.667. The smallest absolute Gasteiger partial charge is 0.407 e. The topological polar surface area (TPSA) is 67.3 Å². The van der Waals surface area contributed by atoms with Crippen LogP contribution in [0.5, 0.6) is 0 Å². The summed E-state index contributed by atoms with van der Waals surface area (Å²) in [5, 5.41) is 3.08. The summed E-state index contributed by atoms with van der Waals surface area (Å²) in [4.78, 5) is 22.2. The molecule has 0 radical (unpaired) electrons. The van der Waals surface area contributed by atoms with Gasteiger partial charge in [0.15, 0.2) is 0 Å².